The first kappa shape index (κ1) is 17.8. The van der Waals surface area contributed by atoms with Crippen LogP contribution in [0.4, 0.5) is 5.69 Å². The molecule has 27 heavy (non-hydrogen) atoms. The zero-order chi connectivity index (χ0) is 19.0. The van der Waals surface area contributed by atoms with Gasteiger partial charge in [-0.2, -0.15) is 0 Å². The quantitative estimate of drug-likeness (QED) is 0.436. The molecule has 0 saturated carbocycles. The van der Waals surface area contributed by atoms with Crippen molar-refractivity contribution in [3.8, 4) is 5.69 Å². The summed E-state index contributed by atoms with van der Waals surface area (Å²) in [4.78, 5) is 15.2. The molecule has 0 N–H and O–H groups in total. The van der Waals surface area contributed by atoms with Gasteiger partial charge in [0.1, 0.15) is 0 Å². The van der Waals surface area contributed by atoms with Gasteiger partial charge in [0.25, 0.3) is 5.91 Å². The van der Waals surface area contributed by atoms with Gasteiger partial charge in [-0.15, -0.1) is 0 Å². The molecule has 3 nitrogen and oxygen atoms in total. The number of para-hydroxylation sites is 1. The van der Waals surface area contributed by atoms with Crippen molar-refractivity contribution in [2.45, 2.75) is 13.8 Å². The summed E-state index contributed by atoms with van der Waals surface area (Å²) in [7, 11) is 0. The van der Waals surface area contributed by atoms with E-state index in [2.05, 4.69) is 36.6 Å². The Labute approximate surface area is 168 Å². The van der Waals surface area contributed by atoms with Crippen molar-refractivity contribution in [2.24, 2.45) is 0 Å². The molecule has 0 atom stereocenters. The number of amides is 1. The summed E-state index contributed by atoms with van der Waals surface area (Å²) in [5, 5.41) is 0. The highest BCUT2D eigenvalue weighted by Crippen LogP contribution is 2.36. The average molecular weight is 391 g/mol. The van der Waals surface area contributed by atoms with Crippen molar-refractivity contribution in [1.82, 2.24) is 4.57 Å². The van der Waals surface area contributed by atoms with Gasteiger partial charge in [-0.3, -0.25) is 9.69 Å². The Bertz CT molecular complexity index is 1070. The predicted octanol–water partition coefficient (Wildman–Crippen LogP) is 5.50. The molecule has 0 spiro atoms. The van der Waals surface area contributed by atoms with E-state index in [0.29, 0.717) is 9.23 Å². The third-order valence-corrected chi connectivity index (χ3v) is 6.01. The first-order valence-corrected chi connectivity index (χ1v) is 9.85. The lowest BCUT2D eigenvalue weighted by molar-refractivity contribution is -0.113. The Kier molecular flexibility index (Phi) is 4.72. The minimum Gasteiger partial charge on any atom is -0.317 e. The Morgan fingerprint density at radius 3 is 2.52 bits per heavy atom. The molecule has 5 heteroatoms. The lowest BCUT2D eigenvalue weighted by Gasteiger charge is -2.14. The number of benzene rings is 2. The van der Waals surface area contributed by atoms with Crippen molar-refractivity contribution in [3.63, 3.8) is 0 Å². The molecule has 1 amide bonds. The number of hydrogen-bond donors (Lipinski definition) is 0. The highest BCUT2D eigenvalue weighted by atomic mass is 32.2. The molecule has 3 aromatic rings. The molecule has 4 rings (SSSR count). The number of carbonyl (C=O) groups is 1. The second-order valence-corrected chi connectivity index (χ2v) is 8.05. The second-order valence-electron chi connectivity index (χ2n) is 6.37. The molecular weight excluding hydrogens is 372 g/mol. The van der Waals surface area contributed by atoms with Crippen molar-refractivity contribution in [3.05, 3.63) is 88.6 Å². The summed E-state index contributed by atoms with van der Waals surface area (Å²) >= 11 is 6.80. The van der Waals surface area contributed by atoms with E-state index in [-0.39, 0.29) is 5.91 Å². The number of thioether (sulfide) groups is 1. The molecule has 1 aliphatic rings. The number of thiocarbonyl (C=S) groups is 1. The molecule has 1 saturated heterocycles. The smallest absolute Gasteiger partial charge is 0.270 e. The zero-order valence-corrected chi connectivity index (χ0v) is 16.7. The highest BCUT2D eigenvalue weighted by Gasteiger charge is 2.33. The highest BCUT2D eigenvalue weighted by molar-refractivity contribution is 8.27. The number of carbonyl (C=O) groups excluding carboxylic acids is 1. The van der Waals surface area contributed by atoms with Crippen molar-refractivity contribution >= 4 is 46.0 Å². The van der Waals surface area contributed by atoms with Crippen LogP contribution in [0, 0.1) is 13.8 Å². The minimum absolute atomic E-state index is 0.0788. The lowest BCUT2D eigenvalue weighted by Crippen LogP contribution is -2.27. The largest absolute Gasteiger partial charge is 0.317 e. The maximum Gasteiger partial charge on any atom is 0.270 e. The monoisotopic (exact) mass is 390 g/mol. The average Bonchev–Trinajstić information content (AvgIpc) is 3.23. The summed E-state index contributed by atoms with van der Waals surface area (Å²) in [5.74, 6) is -0.0788. The van der Waals surface area contributed by atoms with Gasteiger partial charge in [-0.05, 0) is 61.4 Å². The summed E-state index contributed by atoms with van der Waals surface area (Å²) in [6.45, 7) is 4.22. The van der Waals surface area contributed by atoms with Gasteiger partial charge < -0.3 is 4.57 Å². The Morgan fingerprint density at radius 1 is 0.963 bits per heavy atom. The van der Waals surface area contributed by atoms with E-state index < -0.39 is 0 Å². The van der Waals surface area contributed by atoms with Crippen LogP contribution in [0.2, 0.25) is 0 Å². The van der Waals surface area contributed by atoms with Crippen LogP contribution in [0.25, 0.3) is 11.8 Å². The summed E-state index contributed by atoms with van der Waals surface area (Å²) in [5.41, 5.74) is 5.33. The van der Waals surface area contributed by atoms with Crippen molar-refractivity contribution in [2.75, 3.05) is 4.90 Å². The third-order valence-electron chi connectivity index (χ3n) is 4.70. The van der Waals surface area contributed by atoms with Gasteiger partial charge in [0.15, 0.2) is 4.32 Å². The van der Waals surface area contributed by atoms with Gasteiger partial charge >= 0.3 is 0 Å². The maximum absolute atomic E-state index is 13.0. The normalized spacial score (nSPS) is 15.8. The molecule has 0 bridgehead atoms. The number of rotatable bonds is 3. The Hall–Kier alpha value is -2.63. The molecule has 1 aliphatic heterocycles. The van der Waals surface area contributed by atoms with Crippen LogP contribution in [-0.4, -0.2) is 14.8 Å². The van der Waals surface area contributed by atoms with Crippen LogP contribution in [0.3, 0.4) is 0 Å². The molecule has 2 heterocycles. The van der Waals surface area contributed by atoms with E-state index in [4.69, 9.17) is 12.2 Å². The summed E-state index contributed by atoms with van der Waals surface area (Å²) in [6.07, 6.45) is 3.94. The standard InChI is InChI=1S/C22H18N2OS2/c1-15-8-6-12-19(16(15)2)23-13-7-11-18(23)14-20-21(25)24(22(26)27-20)17-9-4-3-5-10-17/h3-14H,1-2H3/b20-14+. The van der Waals surface area contributed by atoms with Gasteiger partial charge in [-0.1, -0.05) is 54.3 Å². The van der Waals surface area contributed by atoms with E-state index in [1.54, 1.807) is 4.90 Å². The van der Waals surface area contributed by atoms with Gasteiger partial charge in [0, 0.05) is 17.6 Å². The molecule has 1 aromatic heterocycles. The number of nitrogens with zero attached hydrogens (tertiary/aromatic N) is 2. The molecule has 1 fully saturated rings. The molecular formula is C22H18N2OS2. The number of anilines is 1. The molecule has 0 radical (unpaired) electrons. The molecule has 134 valence electrons. The molecule has 0 unspecified atom stereocenters. The zero-order valence-electron chi connectivity index (χ0n) is 15.0. The summed E-state index contributed by atoms with van der Waals surface area (Å²) in [6, 6.07) is 19.8. The minimum atomic E-state index is -0.0788. The van der Waals surface area contributed by atoms with Crippen molar-refractivity contribution in [1.29, 1.82) is 0 Å². The Morgan fingerprint density at radius 2 is 1.74 bits per heavy atom. The SMILES string of the molecule is Cc1cccc(-n2cccc2/C=C2/SC(=S)N(c3ccccc3)C2=O)c1C. The number of aromatic nitrogens is 1. The number of aryl methyl sites for hydroxylation is 1. The topological polar surface area (TPSA) is 25.2 Å². The van der Waals surface area contributed by atoms with E-state index >= 15 is 0 Å². The fourth-order valence-corrected chi connectivity index (χ4v) is 4.41. The van der Waals surface area contributed by atoms with E-state index in [0.717, 1.165) is 17.1 Å². The summed E-state index contributed by atoms with van der Waals surface area (Å²) < 4.78 is 2.67. The lowest BCUT2D eigenvalue weighted by atomic mass is 10.1. The first-order chi connectivity index (χ1) is 13.1. The second kappa shape index (κ2) is 7.18. The van der Waals surface area contributed by atoms with Crippen LogP contribution in [0.15, 0.2) is 71.8 Å². The predicted molar refractivity (Wildman–Crippen MR) is 117 cm³/mol. The van der Waals surface area contributed by atoms with Crippen LogP contribution < -0.4 is 4.90 Å². The van der Waals surface area contributed by atoms with Gasteiger partial charge in [-0.25, -0.2) is 0 Å². The fourth-order valence-electron chi connectivity index (χ4n) is 3.13. The van der Waals surface area contributed by atoms with Gasteiger partial charge in [0.2, 0.25) is 0 Å². The van der Waals surface area contributed by atoms with Crippen LogP contribution >= 0.6 is 24.0 Å². The Balaban J connectivity index is 1.72. The third kappa shape index (κ3) is 3.24. The molecule has 0 aliphatic carbocycles. The van der Waals surface area contributed by atoms with E-state index in [1.165, 1.54) is 22.9 Å². The fraction of sp³-hybridized carbons (Fsp3) is 0.0909. The van der Waals surface area contributed by atoms with E-state index in [9.17, 15) is 4.79 Å². The van der Waals surface area contributed by atoms with Gasteiger partial charge in [0.05, 0.1) is 10.6 Å². The molecule has 2 aromatic carbocycles. The van der Waals surface area contributed by atoms with Crippen LogP contribution in [0.1, 0.15) is 16.8 Å². The van der Waals surface area contributed by atoms with Crippen LogP contribution in [-0.2, 0) is 4.79 Å². The first-order valence-electron chi connectivity index (χ1n) is 8.63. The van der Waals surface area contributed by atoms with Crippen LogP contribution in [0.5, 0.6) is 0 Å². The van der Waals surface area contributed by atoms with Crippen molar-refractivity contribution < 1.29 is 4.79 Å². The maximum atomic E-state index is 13.0. The van der Waals surface area contributed by atoms with E-state index in [1.807, 2.05) is 54.7 Å². The number of hydrogen-bond acceptors (Lipinski definition) is 3.